The number of aromatic nitrogens is 2. The van der Waals surface area contributed by atoms with Gasteiger partial charge in [-0.05, 0) is 0 Å². The summed E-state index contributed by atoms with van der Waals surface area (Å²) in [5.74, 6) is 0.744. The molecule has 0 N–H and O–H groups in total. The summed E-state index contributed by atoms with van der Waals surface area (Å²) in [5, 5.41) is 8.45. The first kappa shape index (κ1) is 8.27. The second-order valence-corrected chi connectivity index (χ2v) is 1.88. The fourth-order valence-corrected chi connectivity index (χ4v) is 0.695. The molecule has 0 aromatic carbocycles. The number of hydrogen-bond acceptors (Lipinski definition) is 5. The average molecular weight is 165 g/mol. The molecule has 0 fully saturated rings. The molecule has 0 aliphatic rings. The molecule has 1 rings (SSSR count). The van der Waals surface area contributed by atoms with E-state index >= 15 is 0 Å². The first-order valence-electron chi connectivity index (χ1n) is 3.17. The monoisotopic (exact) mass is 165 g/mol. The zero-order valence-corrected chi connectivity index (χ0v) is 6.74. The minimum absolute atomic E-state index is 0.0626. The second kappa shape index (κ2) is 3.53. The van der Waals surface area contributed by atoms with E-state index in [0.717, 1.165) is 0 Å². The Morgan fingerprint density at radius 1 is 1.42 bits per heavy atom. The molecule has 0 bridgehead atoms. The maximum atomic E-state index is 8.45. The van der Waals surface area contributed by atoms with Crippen LogP contribution in [0.15, 0.2) is 6.20 Å². The molecule has 12 heavy (non-hydrogen) atoms. The summed E-state index contributed by atoms with van der Waals surface area (Å²) in [4.78, 5) is 7.46. The predicted octanol–water partition coefficient (Wildman–Crippen LogP) is 0.365. The number of rotatable bonds is 2. The highest BCUT2D eigenvalue weighted by Crippen LogP contribution is 2.21. The lowest BCUT2D eigenvalue weighted by molar-refractivity contribution is 0.340. The molecule has 1 aromatic rings. The minimum atomic E-state index is 0.0626. The van der Waals surface area contributed by atoms with Crippen LogP contribution in [-0.4, -0.2) is 24.2 Å². The molecule has 62 valence electrons. The van der Waals surface area contributed by atoms with Crippen molar-refractivity contribution in [3.05, 3.63) is 12.0 Å². The highest BCUT2D eigenvalue weighted by atomic mass is 16.5. The predicted molar refractivity (Wildman–Crippen MR) is 39.9 cm³/mol. The molecule has 0 amide bonds. The van der Waals surface area contributed by atoms with Crippen molar-refractivity contribution >= 4 is 0 Å². The highest BCUT2D eigenvalue weighted by Gasteiger charge is 2.06. The summed E-state index contributed by atoms with van der Waals surface area (Å²) in [6.45, 7) is 0. The number of nitriles is 1. The lowest BCUT2D eigenvalue weighted by atomic mass is 10.5. The van der Waals surface area contributed by atoms with E-state index in [-0.39, 0.29) is 11.7 Å². The van der Waals surface area contributed by atoms with Crippen LogP contribution in [0.25, 0.3) is 0 Å². The van der Waals surface area contributed by atoms with Crippen molar-refractivity contribution in [1.82, 2.24) is 9.97 Å². The molecular weight excluding hydrogens is 158 g/mol. The smallest absolute Gasteiger partial charge is 0.261 e. The van der Waals surface area contributed by atoms with Crippen molar-refractivity contribution in [3.8, 4) is 17.7 Å². The Bertz CT molecular complexity index is 319. The average Bonchev–Trinajstić information content (AvgIpc) is 2.16. The van der Waals surface area contributed by atoms with E-state index in [1.165, 1.54) is 20.4 Å². The molecule has 5 heteroatoms. The summed E-state index contributed by atoms with van der Waals surface area (Å²) in [5.41, 5.74) is 0. The van der Waals surface area contributed by atoms with Crippen molar-refractivity contribution in [2.75, 3.05) is 14.2 Å². The molecule has 5 nitrogen and oxygen atoms in total. The van der Waals surface area contributed by atoms with Gasteiger partial charge in [0.2, 0.25) is 5.82 Å². The Morgan fingerprint density at radius 2 is 2.17 bits per heavy atom. The SMILES string of the molecule is COc1cnc(C#N)nc1OC. The second-order valence-electron chi connectivity index (χ2n) is 1.88. The third kappa shape index (κ3) is 1.42. The van der Waals surface area contributed by atoms with Gasteiger partial charge in [-0.3, -0.25) is 0 Å². The van der Waals surface area contributed by atoms with Crippen LogP contribution in [0.3, 0.4) is 0 Å². The zero-order chi connectivity index (χ0) is 8.97. The Morgan fingerprint density at radius 3 is 2.67 bits per heavy atom. The molecule has 1 aromatic heterocycles. The van der Waals surface area contributed by atoms with E-state index in [0.29, 0.717) is 5.75 Å². The quantitative estimate of drug-likeness (QED) is 0.633. The highest BCUT2D eigenvalue weighted by molar-refractivity contribution is 5.32. The molecule has 0 radical (unpaired) electrons. The number of methoxy groups -OCH3 is 2. The molecule has 1 heterocycles. The van der Waals surface area contributed by atoms with Gasteiger partial charge in [-0.15, -0.1) is 0 Å². The lowest BCUT2D eigenvalue weighted by Gasteiger charge is -2.03. The van der Waals surface area contributed by atoms with Crippen molar-refractivity contribution in [3.63, 3.8) is 0 Å². The molecule has 0 saturated carbocycles. The molecule has 0 atom stereocenters. The summed E-state index contributed by atoms with van der Waals surface area (Å²) >= 11 is 0. The number of ether oxygens (including phenoxy) is 2. The summed E-state index contributed by atoms with van der Waals surface area (Å²) in [7, 11) is 2.93. The topological polar surface area (TPSA) is 68.0 Å². The van der Waals surface area contributed by atoms with Gasteiger partial charge >= 0.3 is 0 Å². The van der Waals surface area contributed by atoms with E-state index in [1.54, 1.807) is 6.07 Å². The molecule has 0 aliphatic heterocycles. The summed E-state index contributed by atoms with van der Waals surface area (Å²) < 4.78 is 9.73. The van der Waals surface area contributed by atoms with Crippen LogP contribution in [0.4, 0.5) is 0 Å². The van der Waals surface area contributed by atoms with Crippen molar-refractivity contribution in [2.24, 2.45) is 0 Å². The van der Waals surface area contributed by atoms with Gasteiger partial charge in [0.1, 0.15) is 6.07 Å². The molecule has 0 saturated heterocycles. The summed E-state index contributed by atoms with van der Waals surface area (Å²) in [6.07, 6.45) is 1.39. The van der Waals surface area contributed by atoms with Gasteiger partial charge in [0, 0.05) is 0 Å². The Hall–Kier alpha value is -1.83. The molecule has 0 spiro atoms. The van der Waals surface area contributed by atoms with E-state index in [4.69, 9.17) is 14.7 Å². The van der Waals surface area contributed by atoms with Crippen LogP contribution < -0.4 is 9.47 Å². The normalized spacial score (nSPS) is 8.75. The first-order chi connectivity index (χ1) is 5.81. The van der Waals surface area contributed by atoms with Gasteiger partial charge in [0.25, 0.3) is 5.88 Å². The largest absolute Gasteiger partial charge is 0.490 e. The number of nitrogens with zero attached hydrogens (tertiary/aromatic N) is 3. The van der Waals surface area contributed by atoms with Gasteiger partial charge in [-0.1, -0.05) is 0 Å². The first-order valence-corrected chi connectivity index (χ1v) is 3.17. The van der Waals surface area contributed by atoms with E-state index in [2.05, 4.69) is 9.97 Å². The van der Waals surface area contributed by atoms with Crippen molar-refractivity contribution in [2.45, 2.75) is 0 Å². The van der Waals surface area contributed by atoms with Crippen LogP contribution >= 0.6 is 0 Å². The summed E-state index contributed by atoms with van der Waals surface area (Å²) in [6, 6.07) is 1.80. The fraction of sp³-hybridized carbons (Fsp3) is 0.286. The number of hydrogen-bond donors (Lipinski definition) is 0. The van der Waals surface area contributed by atoms with Gasteiger partial charge in [0.05, 0.1) is 20.4 Å². The Labute approximate surface area is 69.6 Å². The van der Waals surface area contributed by atoms with Crippen LogP contribution in [0.5, 0.6) is 11.6 Å². The van der Waals surface area contributed by atoms with Crippen LogP contribution in [-0.2, 0) is 0 Å². The maximum absolute atomic E-state index is 8.45. The maximum Gasteiger partial charge on any atom is 0.261 e. The van der Waals surface area contributed by atoms with Gasteiger partial charge in [-0.25, -0.2) is 4.98 Å². The third-order valence-corrected chi connectivity index (χ3v) is 1.24. The molecular formula is C7H7N3O2. The minimum Gasteiger partial charge on any atom is -0.490 e. The standard InChI is InChI=1S/C7H7N3O2/c1-11-5-4-9-6(3-8)10-7(5)12-2/h4H,1-2H3. The van der Waals surface area contributed by atoms with E-state index in [1.807, 2.05) is 0 Å². The van der Waals surface area contributed by atoms with E-state index < -0.39 is 0 Å². The van der Waals surface area contributed by atoms with Crippen LogP contribution in [0, 0.1) is 11.3 Å². The lowest BCUT2D eigenvalue weighted by Crippen LogP contribution is -1.97. The zero-order valence-electron chi connectivity index (χ0n) is 6.74. The van der Waals surface area contributed by atoms with Crippen LogP contribution in [0.1, 0.15) is 5.82 Å². The van der Waals surface area contributed by atoms with Crippen molar-refractivity contribution < 1.29 is 9.47 Å². The van der Waals surface area contributed by atoms with Crippen LogP contribution in [0.2, 0.25) is 0 Å². The fourth-order valence-electron chi connectivity index (χ4n) is 0.695. The van der Waals surface area contributed by atoms with Crippen molar-refractivity contribution in [1.29, 1.82) is 5.26 Å². The molecule has 0 aliphatic carbocycles. The molecule has 0 unspecified atom stereocenters. The third-order valence-electron chi connectivity index (χ3n) is 1.24. The van der Waals surface area contributed by atoms with Gasteiger partial charge in [-0.2, -0.15) is 10.2 Å². The van der Waals surface area contributed by atoms with Gasteiger partial charge < -0.3 is 9.47 Å². The Kier molecular flexibility index (Phi) is 2.43. The van der Waals surface area contributed by atoms with Gasteiger partial charge in [0.15, 0.2) is 5.75 Å². The van der Waals surface area contributed by atoms with E-state index in [9.17, 15) is 0 Å². The Balaban J connectivity index is 3.13.